The molecule has 112 valence electrons. The van der Waals surface area contributed by atoms with E-state index < -0.39 is 0 Å². The second-order valence-corrected chi connectivity index (χ2v) is 4.79. The normalized spacial score (nSPS) is 10.4. The van der Waals surface area contributed by atoms with Crippen LogP contribution in [0.5, 0.6) is 0 Å². The number of carbonyl (C=O) groups excluding carboxylic acids is 1. The van der Waals surface area contributed by atoms with Gasteiger partial charge in [0.2, 0.25) is 0 Å². The van der Waals surface area contributed by atoms with Crippen LogP contribution in [0.4, 0.5) is 14.9 Å². The maximum Gasteiger partial charge on any atom is 0.319 e. The van der Waals surface area contributed by atoms with E-state index in [1.54, 1.807) is 23.1 Å². The quantitative estimate of drug-likeness (QED) is 0.803. The Labute approximate surface area is 123 Å². The van der Waals surface area contributed by atoms with Gasteiger partial charge in [0.1, 0.15) is 5.82 Å². The van der Waals surface area contributed by atoms with Crippen LogP contribution in [-0.2, 0) is 6.54 Å². The Morgan fingerprint density at radius 3 is 3.05 bits per heavy atom. The molecule has 2 amide bonds. The lowest BCUT2D eigenvalue weighted by Gasteiger charge is -2.04. The number of urea groups is 1. The van der Waals surface area contributed by atoms with Crippen molar-refractivity contribution in [3.63, 3.8) is 0 Å². The smallest absolute Gasteiger partial charge is 0.319 e. The monoisotopic (exact) mass is 290 g/mol. The summed E-state index contributed by atoms with van der Waals surface area (Å²) in [5, 5.41) is 9.62. The van der Waals surface area contributed by atoms with E-state index in [1.807, 2.05) is 6.07 Å². The van der Waals surface area contributed by atoms with Gasteiger partial charge >= 0.3 is 6.03 Å². The number of hydrogen-bond acceptors (Lipinski definition) is 2. The number of nitrogens with zero attached hydrogens (tertiary/aromatic N) is 2. The molecule has 1 aromatic heterocycles. The third kappa shape index (κ3) is 4.91. The minimum absolute atomic E-state index is 0.242. The zero-order valence-electron chi connectivity index (χ0n) is 12.0. The molecule has 1 aromatic carbocycles. The minimum Gasteiger partial charge on any atom is -0.338 e. The van der Waals surface area contributed by atoms with E-state index in [4.69, 9.17) is 0 Å². The van der Waals surface area contributed by atoms with Crippen LogP contribution in [0, 0.1) is 5.82 Å². The van der Waals surface area contributed by atoms with Gasteiger partial charge in [-0.3, -0.25) is 4.68 Å². The van der Waals surface area contributed by atoms with Crippen molar-refractivity contribution < 1.29 is 9.18 Å². The van der Waals surface area contributed by atoms with E-state index in [1.165, 1.54) is 12.1 Å². The maximum absolute atomic E-state index is 13.1. The first-order valence-corrected chi connectivity index (χ1v) is 6.99. The number of aromatic nitrogens is 2. The lowest BCUT2D eigenvalue weighted by atomic mass is 10.2. The van der Waals surface area contributed by atoms with Gasteiger partial charge < -0.3 is 10.6 Å². The molecule has 5 nitrogen and oxygen atoms in total. The number of carbonyl (C=O) groups is 1. The molecule has 0 bridgehead atoms. The van der Waals surface area contributed by atoms with Gasteiger partial charge in [-0.15, -0.1) is 0 Å². The van der Waals surface area contributed by atoms with Gasteiger partial charge in [0.05, 0.1) is 18.4 Å². The predicted molar refractivity (Wildman–Crippen MR) is 79.7 cm³/mol. The fourth-order valence-corrected chi connectivity index (χ4v) is 1.89. The molecule has 0 spiro atoms. The summed E-state index contributed by atoms with van der Waals surface area (Å²) in [6.07, 6.45) is 5.26. The lowest BCUT2D eigenvalue weighted by molar-refractivity contribution is 0.252. The standard InChI is InChI=1S/C15H19FN4O/c1-2-3-7-17-15(21)19-14-9-18-20(11-14)10-12-5-4-6-13(16)8-12/h4-6,8-9,11H,2-3,7,10H2,1H3,(H2,17,19,21). The molecule has 21 heavy (non-hydrogen) atoms. The van der Waals surface area contributed by atoms with Gasteiger partial charge in [0, 0.05) is 12.7 Å². The second kappa shape index (κ2) is 7.42. The molecule has 2 N–H and O–H groups in total. The zero-order valence-corrected chi connectivity index (χ0v) is 12.0. The number of hydrogen-bond donors (Lipinski definition) is 2. The third-order valence-corrected chi connectivity index (χ3v) is 2.94. The van der Waals surface area contributed by atoms with E-state index >= 15 is 0 Å². The number of amides is 2. The summed E-state index contributed by atoms with van der Waals surface area (Å²) in [6, 6.07) is 6.12. The fourth-order valence-electron chi connectivity index (χ4n) is 1.89. The van der Waals surface area contributed by atoms with Gasteiger partial charge in [-0.05, 0) is 24.1 Å². The highest BCUT2D eigenvalue weighted by atomic mass is 19.1. The topological polar surface area (TPSA) is 59.0 Å². The number of benzene rings is 1. The van der Waals surface area contributed by atoms with Crippen molar-refractivity contribution in [3.8, 4) is 0 Å². The summed E-state index contributed by atoms with van der Waals surface area (Å²) in [5.41, 5.74) is 1.43. The average molecular weight is 290 g/mol. The number of anilines is 1. The Morgan fingerprint density at radius 1 is 1.43 bits per heavy atom. The highest BCUT2D eigenvalue weighted by Crippen LogP contribution is 2.09. The van der Waals surface area contributed by atoms with E-state index in [0.717, 1.165) is 18.4 Å². The first-order valence-electron chi connectivity index (χ1n) is 6.99. The molecule has 1 heterocycles. The molecule has 2 rings (SSSR count). The largest absolute Gasteiger partial charge is 0.338 e. The van der Waals surface area contributed by atoms with Crippen LogP contribution in [0.25, 0.3) is 0 Å². The molecule has 0 saturated heterocycles. The van der Waals surface area contributed by atoms with Crippen molar-refractivity contribution in [1.82, 2.24) is 15.1 Å². The molecule has 0 unspecified atom stereocenters. The molecular formula is C15H19FN4O. The summed E-state index contributed by atoms with van der Waals surface area (Å²) < 4.78 is 14.7. The summed E-state index contributed by atoms with van der Waals surface area (Å²) in [4.78, 5) is 11.6. The predicted octanol–water partition coefficient (Wildman–Crippen LogP) is 2.99. The molecule has 0 fully saturated rings. The number of rotatable bonds is 6. The van der Waals surface area contributed by atoms with Gasteiger partial charge in [0.25, 0.3) is 0 Å². The van der Waals surface area contributed by atoms with E-state index in [2.05, 4.69) is 22.7 Å². The van der Waals surface area contributed by atoms with Crippen molar-refractivity contribution in [3.05, 3.63) is 48.0 Å². The van der Waals surface area contributed by atoms with Crippen LogP contribution in [-0.4, -0.2) is 22.4 Å². The van der Waals surface area contributed by atoms with Crippen LogP contribution >= 0.6 is 0 Å². The number of halogens is 1. The summed E-state index contributed by atoms with van der Waals surface area (Å²) in [7, 11) is 0. The molecule has 0 atom stereocenters. The molecule has 2 aromatic rings. The summed E-state index contributed by atoms with van der Waals surface area (Å²) in [5.74, 6) is -0.270. The third-order valence-electron chi connectivity index (χ3n) is 2.94. The maximum atomic E-state index is 13.1. The van der Waals surface area contributed by atoms with Crippen molar-refractivity contribution in [2.24, 2.45) is 0 Å². The molecule has 0 saturated carbocycles. The summed E-state index contributed by atoms with van der Waals surface area (Å²) in [6.45, 7) is 3.17. The first kappa shape index (κ1) is 15.0. The number of unbranched alkanes of at least 4 members (excludes halogenated alkanes) is 1. The van der Waals surface area contributed by atoms with Crippen LogP contribution in [0.1, 0.15) is 25.3 Å². The van der Waals surface area contributed by atoms with Crippen molar-refractivity contribution >= 4 is 11.7 Å². The Balaban J connectivity index is 1.88. The van der Waals surface area contributed by atoms with Crippen molar-refractivity contribution in [2.75, 3.05) is 11.9 Å². The van der Waals surface area contributed by atoms with E-state index in [-0.39, 0.29) is 11.8 Å². The fraction of sp³-hybridized carbons (Fsp3) is 0.333. The van der Waals surface area contributed by atoms with Gasteiger partial charge in [-0.1, -0.05) is 25.5 Å². The second-order valence-electron chi connectivity index (χ2n) is 4.79. The summed E-state index contributed by atoms with van der Waals surface area (Å²) >= 11 is 0. The van der Waals surface area contributed by atoms with Crippen LogP contribution in [0.2, 0.25) is 0 Å². The van der Waals surface area contributed by atoms with E-state index in [9.17, 15) is 9.18 Å². The highest BCUT2D eigenvalue weighted by molar-refractivity contribution is 5.88. The number of nitrogens with one attached hydrogen (secondary N) is 2. The average Bonchev–Trinajstić information content (AvgIpc) is 2.86. The Kier molecular flexibility index (Phi) is 5.31. The molecule has 0 aliphatic heterocycles. The minimum atomic E-state index is -0.270. The van der Waals surface area contributed by atoms with Crippen molar-refractivity contribution in [2.45, 2.75) is 26.3 Å². The van der Waals surface area contributed by atoms with E-state index in [0.29, 0.717) is 18.8 Å². The van der Waals surface area contributed by atoms with Crippen LogP contribution < -0.4 is 10.6 Å². The molecule has 0 aliphatic rings. The Hall–Kier alpha value is -2.37. The SMILES string of the molecule is CCCCNC(=O)Nc1cnn(Cc2cccc(F)c2)c1. The molecule has 6 heteroatoms. The lowest BCUT2D eigenvalue weighted by Crippen LogP contribution is -2.29. The first-order chi connectivity index (χ1) is 10.2. The van der Waals surface area contributed by atoms with Crippen molar-refractivity contribution in [1.29, 1.82) is 0 Å². The van der Waals surface area contributed by atoms with Crippen LogP contribution in [0.15, 0.2) is 36.7 Å². The van der Waals surface area contributed by atoms with Crippen LogP contribution in [0.3, 0.4) is 0 Å². The van der Waals surface area contributed by atoms with Gasteiger partial charge in [0.15, 0.2) is 0 Å². The zero-order chi connectivity index (χ0) is 15.1. The van der Waals surface area contributed by atoms with Gasteiger partial charge in [-0.2, -0.15) is 5.10 Å². The van der Waals surface area contributed by atoms with Gasteiger partial charge in [-0.25, -0.2) is 9.18 Å². The Bertz CT molecular complexity index is 597. The Morgan fingerprint density at radius 2 is 2.29 bits per heavy atom. The molecular weight excluding hydrogens is 271 g/mol. The molecule has 0 aliphatic carbocycles. The highest BCUT2D eigenvalue weighted by Gasteiger charge is 2.04. The molecule has 0 radical (unpaired) electrons.